The standard InChI is InChI=1S/C15H23N5/c1-10(2)20-15(17-18-19-20)9-16-13(5)14-8-6-7-11(3)12(14)4/h6-8,10,13,16H,9H2,1-5H3/t13-/m0/s1. The minimum Gasteiger partial charge on any atom is -0.303 e. The fraction of sp³-hybridized carbons (Fsp3) is 0.533. The van der Waals surface area contributed by atoms with E-state index in [-0.39, 0.29) is 12.1 Å². The molecule has 0 saturated carbocycles. The van der Waals surface area contributed by atoms with Crippen molar-refractivity contribution in [1.82, 2.24) is 25.5 Å². The Labute approximate surface area is 120 Å². The Bertz CT molecular complexity index is 573. The molecule has 0 bridgehead atoms. The highest BCUT2D eigenvalue weighted by molar-refractivity contribution is 5.35. The van der Waals surface area contributed by atoms with E-state index in [4.69, 9.17) is 0 Å². The topological polar surface area (TPSA) is 55.6 Å². The third kappa shape index (κ3) is 3.04. The molecule has 0 saturated heterocycles. The van der Waals surface area contributed by atoms with Gasteiger partial charge in [-0.15, -0.1) is 5.10 Å². The van der Waals surface area contributed by atoms with Crippen LogP contribution in [0.2, 0.25) is 0 Å². The lowest BCUT2D eigenvalue weighted by Crippen LogP contribution is -2.22. The molecule has 0 aliphatic rings. The number of nitrogens with zero attached hydrogens (tertiary/aromatic N) is 4. The van der Waals surface area contributed by atoms with Crippen molar-refractivity contribution in [2.75, 3.05) is 0 Å². The van der Waals surface area contributed by atoms with E-state index < -0.39 is 0 Å². The minimum absolute atomic E-state index is 0.271. The third-order valence-corrected chi connectivity index (χ3v) is 3.73. The van der Waals surface area contributed by atoms with Crippen molar-refractivity contribution in [3.8, 4) is 0 Å². The highest BCUT2D eigenvalue weighted by Crippen LogP contribution is 2.20. The smallest absolute Gasteiger partial charge is 0.165 e. The number of tetrazole rings is 1. The summed E-state index contributed by atoms with van der Waals surface area (Å²) in [7, 11) is 0. The average molecular weight is 273 g/mol. The summed E-state index contributed by atoms with van der Waals surface area (Å²) in [5.74, 6) is 0.872. The van der Waals surface area contributed by atoms with Crippen LogP contribution >= 0.6 is 0 Å². The molecule has 1 aromatic carbocycles. The summed E-state index contributed by atoms with van der Waals surface area (Å²) in [4.78, 5) is 0. The van der Waals surface area contributed by atoms with Gasteiger partial charge in [0.2, 0.25) is 0 Å². The normalized spacial score (nSPS) is 12.9. The van der Waals surface area contributed by atoms with Gasteiger partial charge in [0.1, 0.15) is 0 Å². The summed E-state index contributed by atoms with van der Waals surface area (Å²) in [5, 5.41) is 15.3. The Morgan fingerprint density at radius 3 is 2.65 bits per heavy atom. The van der Waals surface area contributed by atoms with Gasteiger partial charge in [0.25, 0.3) is 0 Å². The van der Waals surface area contributed by atoms with Gasteiger partial charge in [-0.25, -0.2) is 4.68 Å². The van der Waals surface area contributed by atoms with Crippen LogP contribution in [0.25, 0.3) is 0 Å². The number of hydrogen-bond acceptors (Lipinski definition) is 4. The predicted molar refractivity (Wildman–Crippen MR) is 79.4 cm³/mol. The van der Waals surface area contributed by atoms with Crippen molar-refractivity contribution in [2.24, 2.45) is 0 Å². The van der Waals surface area contributed by atoms with Crippen molar-refractivity contribution in [2.45, 2.75) is 53.2 Å². The number of aryl methyl sites for hydroxylation is 1. The molecule has 0 aliphatic heterocycles. The van der Waals surface area contributed by atoms with E-state index in [2.05, 4.69) is 73.7 Å². The Morgan fingerprint density at radius 1 is 1.20 bits per heavy atom. The first-order chi connectivity index (χ1) is 9.50. The van der Waals surface area contributed by atoms with E-state index in [9.17, 15) is 0 Å². The van der Waals surface area contributed by atoms with E-state index in [1.54, 1.807) is 0 Å². The third-order valence-electron chi connectivity index (χ3n) is 3.73. The van der Waals surface area contributed by atoms with Crippen LogP contribution in [0.3, 0.4) is 0 Å². The molecular formula is C15H23N5. The molecule has 0 spiro atoms. The maximum atomic E-state index is 4.08. The van der Waals surface area contributed by atoms with Gasteiger partial charge in [0, 0.05) is 6.04 Å². The van der Waals surface area contributed by atoms with Crippen LogP contribution in [0.5, 0.6) is 0 Å². The van der Waals surface area contributed by atoms with Gasteiger partial charge in [0.05, 0.1) is 12.6 Å². The molecular weight excluding hydrogens is 250 g/mol. The summed E-state index contributed by atoms with van der Waals surface area (Å²) < 4.78 is 1.85. The minimum atomic E-state index is 0.271. The molecule has 1 atom stereocenters. The van der Waals surface area contributed by atoms with Crippen molar-refractivity contribution in [3.63, 3.8) is 0 Å². The van der Waals surface area contributed by atoms with Gasteiger partial charge in [0.15, 0.2) is 5.82 Å². The van der Waals surface area contributed by atoms with E-state index in [0.29, 0.717) is 6.54 Å². The van der Waals surface area contributed by atoms with Gasteiger partial charge in [-0.05, 0) is 61.7 Å². The Hall–Kier alpha value is -1.75. The Morgan fingerprint density at radius 2 is 1.95 bits per heavy atom. The molecule has 1 aromatic heterocycles. The van der Waals surface area contributed by atoms with Crippen molar-refractivity contribution in [1.29, 1.82) is 0 Å². The summed E-state index contributed by atoms with van der Waals surface area (Å²) in [6, 6.07) is 6.97. The molecule has 2 rings (SSSR count). The average Bonchev–Trinajstić information content (AvgIpc) is 2.87. The number of nitrogens with one attached hydrogen (secondary N) is 1. The van der Waals surface area contributed by atoms with Crippen molar-refractivity contribution >= 4 is 0 Å². The monoisotopic (exact) mass is 273 g/mol. The fourth-order valence-electron chi connectivity index (χ4n) is 2.33. The molecule has 108 valence electrons. The van der Waals surface area contributed by atoms with Gasteiger partial charge in [-0.3, -0.25) is 0 Å². The molecule has 1 heterocycles. The molecule has 5 heteroatoms. The van der Waals surface area contributed by atoms with E-state index in [1.807, 2.05) is 4.68 Å². The summed E-state index contributed by atoms with van der Waals surface area (Å²) >= 11 is 0. The van der Waals surface area contributed by atoms with Gasteiger partial charge >= 0.3 is 0 Å². The van der Waals surface area contributed by atoms with Gasteiger partial charge in [-0.1, -0.05) is 18.2 Å². The molecule has 0 radical (unpaired) electrons. The maximum Gasteiger partial charge on any atom is 0.165 e. The second-order valence-corrected chi connectivity index (χ2v) is 5.53. The molecule has 1 N–H and O–H groups in total. The Balaban J connectivity index is 2.07. The van der Waals surface area contributed by atoms with Crippen molar-refractivity contribution in [3.05, 3.63) is 40.7 Å². The first-order valence-electron chi connectivity index (χ1n) is 7.07. The molecule has 5 nitrogen and oxygen atoms in total. The zero-order valence-corrected chi connectivity index (χ0v) is 12.9. The molecule has 2 aromatic rings. The lowest BCUT2D eigenvalue weighted by atomic mass is 9.98. The SMILES string of the molecule is Cc1cccc([C@H](C)NCc2nnnn2C(C)C)c1C. The second-order valence-electron chi connectivity index (χ2n) is 5.53. The molecule has 0 amide bonds. The summed E-state index contributed by atoms with van der Waals surface area (Å²) in [5.41, 5.74) is 3.99. The zero-order chi connectivity index (χ0) is 14.7. The van der Waals surface area contributed by atoms with E-state index >= 15 is 0 Å². The predicted octanol–water partition coefficient (Wildman–Crippen LogP) is 2.72. The fourth-order valence-corrected chi connectivity index (χ4v) is 2.33. The maximum absolute atomic E-state index is 4.08. The quantitative estimate of drug-likeness (QED) is 0.910. The van der Waals surface area contributed by atoms with Crippen LogP contribution in [0.1, 0.15) is 55.4 Å². The van der Waals surface area contributed by atoms with Crippen LogP contribution in [-0.4, -0.2) is 20.2 Å². The van der Waals surface area contributed by atoms with Crippen LogP contribution in [-0.2, 0) is 6.54 Å². The van der Waals surface area contributed by atoms with Crippen LogP contribution in [0.15, 0.2) is 18.2 Å². The Kier molecular flexibility index (Phi) is 4.49. The van der Waals surface area contributed by atoms with Crippen LogP contribution in [0, 0.1) is 13.8 Å². The number of hydrogen-bond donors (Lipinski definition) is 1. The first kappa shape index (κ1) is 14.7. The summed E-state index contributed by atoms with van der Waals surface area (Å²) in [6.45, 7) is 11.3. The van der Waals surface area contributed by atoms with Crippen LogP contribution < -0.4 is 5.32 Å². The highest BCUT2D eigenvalue weighted by Gasteiger charge is 2.13. The molecule has 0 aliphatic carbocycles. The second kappa shape index (κ2) is 6.13. The van der Waals surface area contributed by atoms with E-state index in [1.165, 1.54) is 16.7 Å². The first-order valence-corrected chi connectivity index (χ1v) is 7.07. The van der Waals surface area contributed by atoms with Gasteiger partial charge in [-0.2, -0.15) is 0 Å². The molecule has 0 fully saturated rings. The number of aromatic nitrogens is 4. The highest BCUT2D eigenvalue weighted by atomic mass is 15.5. The summed E-state index contributed by atoms with van der Waals surface area (Å²) in [6.07, 6.45) is 0. The number of benzene rings is 1. The lowest BCUT2D eigenvalue weighted by Gasteiger charge is -2.18. The van der Waals surface area contributed by atoms with Gasteiger partial charge < -0.3 is 5.32 Å². The molecule has 0 unspecified atom stereocenters. The largest absolute Gasteiger partial charge is 0.303 e. The van der Waals surface area contributed by atoms with Crippen LogP contribution in [0.4, 0.5) is 0 Å². The number of rotatable bonds is 5. The van der Waals surface area contributed by atoms with Crippen molar-refractivity contribution < 1.29 is 0 Å². The van der Waals surface area contributed by atoms with E-state index in [0.717, 1.165) is 5.82 Å². The molecule has 20 heavy (non-hydrogen) atoms. The zero-order valence-electron chi connectivity index (χ0n) is 12.9. The lowest BCUT2D eigenvalue weighted by molar-refractivity contribution is 0.467.